The van der Waals surface area contributed by atoms with Gasteiger partial charge in [0.25, 0.3) is 0 Å². The molecule has 0 saturated carbocycles. The van der Waals surface area contributed by atoms with E-state index in [1.54, 1.807) is 0 Å². The first-order valence-corrected chi connectivity index (χ1v) is 10.3. The maximum atomic E-state index is 5.44. The number of aromatic nitrogens is 3. The smallest absolute Gasteiger partial charge is 0.191 e. The van der Waals surface area contributed by atoms with E-state index < -0.39 is 0 Å². The lowest BCUT2D eigenvalue weighted by molar-refractivity contribution is 0.380. The van der Waals surface area contributed by atoms with E-state index >= 15 is 0 Å². The van der Waals surface area contributed by atoms with E-state index in [-0.39, 0.29) is 24.0 Å². The van der Waals surface area contributed by atoms with Crippen LogP contribution in [0, 0.1) is 0 Å². The summed E-state index contributed by atoms with van der Waals surface area (Å²) in [7, 11) is 0. The Labute approximate surface area is 195 Å². The molecule has 0 bridgehead atoms. The molecule has 7 nitrogen and oxygen atoms in total. The fraction of sp³-hybridized carbons (Fsp3) is 0.409. The molecule has 8 heteroatoms. The number of nitrogens with one attached hydrogen (secondary N) is 2. The van der Waals surface area contributed by atoms with Crippen LogP contribution in [0.2, 0.25) is 0 Å². The van der Waals surface area contributed by atoms with E-state index in [4.69, 9.17) is 9.52 Å². The molecule has 3 aromatic rings. The van der Waals surface area contributed by atoms with Gasteiger partial charge in [-0.15, -0.1) is 24.0 Å². The van der Waals surface area contributed by atoms with E-state index in [1.165, 1.54) is 5.56 Å². The molecule has 2 aromatic heterocycles. The summed E-state index contributed by atoms with van der Waals surface area (Å²) >= 11 is 0. The number of nitrogens with zero attached hydrogens (tertiary/aromatic N) is 4. The van der Waals surface area contributed by atoms with Gasteiger partial charge in [-0.05, 0) is 37.5 Å². The lowest BCUT2D eigenvalue weighted by Gasteiger charge is -2.11. The van der Waals surface area contributed by atoms with Crippen LogP contribution in [0.3, 0.4) is 0 Å². The Morgan fingerprint density at radius 1 is 1.10 bits per heavy atom. The Bertz CT molecular complexity index is 897. The molecule has 30 heavy (non-hydrogen) atoms. The predicted octanol–water partition coefficient (Wildman–Crippen LogP) is 3.90. The molecule has 0 unspecified atom stereocenters. The molecule has 1 aromatic carbocycles. The highest BCUT2D eigenvalue weighted by Gasteiger charge is 2.13. The van der Waals surface area contributed by atoms with Crippen LogP contribution in [0.15, 0.2) is 52.2 Å². The number of hydrogen-bond donors (Lipinski definition) is 2. The van der Waals surface area contributed by atoms with Crippen molar-refractivity contribution in [3.05, 3.63) is 65.3 Å². The topological polar surface area (TPSA) is 80.3 Å². The fourth-order valence-electron chi connectivity index (χ4n) is 3.15. The van der Waals surface area contributed by atoms with Gasteiger partial charge in [-0.1, -0.05) is 37.2 Å². The normalized spacial score (nSPS) is 11.2. The van der Waals surface area contributed by atoms with Crippen LogP contribution in [0.25, 0.3) is 5.69 Å². The second kappa shape index (κ2) is 12.4. The lowest BCUT2D eigenvalue weighted by atomic mass is 10.1. The quantitative estimate of drug-likeness (QED) is 0.253. The van der Waals surface area contributed by atoms with Gasteiger partial charge >= 0.3 is 0 Å². The Hall–Kier alpha value is -2.36. The van der Waals surface area contributed by atoms with E-state index in [2.05, 4.69) is 47.9 Å². The van der Waals surface area contributed by atoms with Crippen molar-refractivity contribution in [2.24, 2.45) is 4.99 Å². The van der Waals surface area contributed by atoms with Crippen molar-refractivity contribution in [1.82, 2.24) is 25.6 Å². The molecule has 2 N–H and O–H groups in total. The van der Waals surface area contributed by atoms with Crippen LogP contribution in [-0.4, -0.2) is 34.0 Å². The molecule has 0 saturated heterocycles. The molecular weight excluding hydrogens is 491 g/mol. The third kappa shape index (κ3) is 6.32. The maximum absolute atomic E-state index is 5.44. The third-order valence-corrected chi connectivity index (χ3v) is 4.71. The largest absolute Gasteiger partial charge is 0.361 e. The molecule has 0 fully saturated rings. The van der Waals surface area contributed by atoms with Crippen LogP contribution < -0.4 is 10.6 Å². The molecule has 3 rings (SSSR count). The zero-order valence-electron chi connectivity index (χ0n) is 17.9. The molecule has 0 amide bonds. The molecule has 0 aliphatic carbocycles. The molecule has 162 valence electrons. The van der Waals surface area contributed by atoms with Crippen LogP contribution in [-0.2, 0) is 25.8 Å². The van der Waals surface area contributed by atoms with Gasteiger partial charge in [0.05, 0.1) is 24.1 Å². The molecule has 2 heterocycles. The summed E-state index contributed by atoms with van der Waals surface area (Å²) < 4.78 is 7.34. The van der Waals surface area contributed by atoms with E-state index in [1.807, 2.05) is 41.2 Å². The summed E-state index contributed by atoms with van der Waals surface area (Å²) in [5, 5.41) is 15.3. The summed E-state index contributed by atoms with van der Waals surface area (Å²) in [6.07, 6.45) is 6.53. The first-order chi connectivity index (χ1) is 14.2. The Morgan fingerprint density at radius 3 is 2.60 bits per heavy atom. The number of guanidine groups is 1. The van der Waals surface area contributed by atoms with Gasteiger partial charge in [0.1, 0.15) is 5.76 Å². The van der Waals surface area contributed by atoms with Crippen molar-refractivity contribution in [1.29, 1.82) is 0 Å². The van der Waals surface area contributed by atoms with Gasteiger partial charge in [-0.3, -0.25) is 0 Å². The molecular formula is C22H31IN6O. The summed E-state index contributed by atoms with van der Waals surface area (Å²) in [4.78, 5) is 4.73. The summed E-state index contributed by atoms with van der Waals surface area (Å²) in [6, 6.07) is 10.1. The first-order valence-electron chi connectivity index (χ1n) is 10.3. The first kappa shape index (κ1) is 23.9. The van der Waals surface area contributed by atoms with Crippen molar-refractivity contribution >= 4 is 29.9 Å². The van der Waals surface area contributed by atoms with Crippen molar-refractivity contribution in [3.63, 3.8) is 0 Å². The SMILES string of the molecule is CCNC(=NCc1c(CC)noc1CC)NCCc1cnn(-c2ccccc2)c1.I. The van der Waals surface area contributed by atoms with Crippen LogP contribution >= 0.6 is 24.0 Å². The highest BCUT2D eigenvalue weighted by Crippen LogP contribution is 2.16. The van der Waals surface area contributed by atoms with E-state index in [0.717, 1.165) is 61.0 Å². The number of halogens is 1. The lowest BCUT2D eigenvalue weighted by Crippen LogP contribution is -2.38. The summed E-state index contributed by atoms with van der Waals surface area (Å²) in [6.45, 7) is 8.38. The maximum Gasteiger partial charge on any atom is 0.191 e. The predicted molar refractivity (Wildman–Crippen MR) is 131 cm³/mol. The molecule has 0 atom stereocenters. The van der Waals surface area contributed by atoms with Gasteiger partial charge in [0.15, 0.2) is 5.96 Å². The molecule has 0 aliphatic heterocycles. The average Bonchev–Trinajstić information content (AvgIpc) is 3.39. The zero-order valence-corrected chi connectivity index (χ0v) is 20.2. The van der Waals surface area contributed by atoms with Crippen LogP contribution in [0.5, 0.6) is 0 Å². The Balaban J connectivity index is 0.00000320. The number of rotatable bonds is 9. The van der Waals surface area contributed by atoms with Crippen LogP contribution in [0.4, 0.5) is 0 Å². The second-order valence-electron chi connectivity index (χ2n) is 6.74. The number of aliphatic imine (C=N–C) groups is 1. The van der Waals surface area contributed by atoms with Crippen LogP contribution in [0.1, 0.15) is 43.4 Å². The highest BCUT2D eigenvalue weighted by molar-refractivity contribution is 14.0. The van der Waals surface area contributed by atoms with Crippen molar-refractivity contribution in [3.8, 4) is 5.69 Å². The Kier molecular flexibility index (Phi) is 9.85. The molecule has 0 radical (unpaired) electrons. The van der Waals surface area contributed by atoms with Gasteiger partial charge in [0, 0.05) is 31.3 Å². The second-order valence-corrected chi connectivity index (χ2v) is 6.74. The van der Waals surface area contributed by atoms with Gasteiger partial charge in [-0.2, -0.15) is 5.10 Å². The minimum atomic E-state index is 0. The number of aryl methyl sites for hydroxylation is 2. The molecule has 0 aliphatic rings. The summed E-state index contributed by atoms with van der Waals surface area (Å²) in [5.74, 6) is 1.73. The standard InChI is InChI=1S/C22H30N6O.HI/c1-4-20-19(21(5-2)29-27-20)15-25-22(23-6-3)24-13-12-17-14-26-28(16-17)18-10-8-7-9-11-18;/h7-11,14,16H,4-6,12-13,15H2,1-3H3,(H2,23,24,25);1H. The van der Waals surface area contributed by atoms with Gasteiger partial charge < -0.3 is 15.2 Å². The van der Waals surface area contributed by atoms with Gasteiger partial charge in [0.2, 0.25) is 0 Å². The van der Waals surface area contributed by atoms with E-state index in [9.17, 15) is 0 Å². The molecule has 0 spiro atoms. The number of benzene rings is 1. The summed E-state index contributed by atoms with van der Waals surface area (Å²) in [5.41, 5.74) is 4.35. The minimum Gasteiger partial charge on any atom is -0.361 e. The highest BCUT2D eigenvalue weighted by atomic mass is 127. The Morgan fingerprint density at radius 2 is 1.90 bits per heavy atom. The number of para-hydroxylation sites is 1. The third-order valence-electron chi connectivity index (χ3n) is 4.71. The van der Waals surface area contributed by atoms with E-state index in [0.29, 0.717) is 6.54 Å². The fourth-order valence-corrected chi connectivity index (χ4v) is 3.15. The monoisotopic (exact) mass is 522 g/mol. The van der Waals surface area contributed by atoms with Gasteiger partial charge in [-0.25, -0.2) is 9.67 Å². The van der Waals surface area contributed by atoms with Crippen molar-refractivity contribution in [2.45, 2.75) is 46.6 Å². The average molecular weight is 522 g/mol. The number of hydrogen-bond acceptors (Lipinski definition) is 4. The van der Waals surface area contributed by atoms with Crippen molar-refractivity contribution in [2.75, 3.05) is 13.1 Å². The van der Waals surface area contributed by atoms with Crippen molar-refractivity contribution < 1.29 is 4.52 Å². The minimum absolute atomic E-state index is 0. The zero-order chi connectivity index (χ0) is 20.5.